The molecule has 0 aliphatic heterocycles. The van der Waals surface area contributed by atoms with E-state index in [4.69, 9.17) is 5.73 Å². The van der Waals surface area contributed by atoms with E-state index in [9.17, 15) is 4.79 Å². The molecular formula is C8H18N2O. The van der Waals surface area contributed by atoms with Crippen LogP contribution in [-0.4, -0.2) is 19.0 Å². The molecule has 0 bridgehead atoms. The molecule has 0 spiro atoms. The van der Waals surface area contributed by atoms with Crippen LogP contribution in [0.5, 0.6) is 0 Å². The van der Waals surface area contributed by atoms with Crippen molar-refractivity contribution in [1.29, 1.82) is 0 Å². The zero-order valence-corrected chi connectivity index (χ0v) is 7.23. The third-order valence-electron chi connectivity index (χ3n) is 1.54. The molecule has 3 heteroatoms. The first-order valence-corrected chi connectivity index (χ1v) is 4.28. The summed E-state index contributed by atoms with van der Waals surface area (Å²) in [5.74, 6) is -0.0542. The molecule has 3 nitrogen and oxygen atoms in total. The number of rotatable bonds is 6. The molecule has 0 saturated heterocycles. The molecule has 3 N–H and O–H groups in total. The lowest BCUT2D eigenvalue weighted by Crippen LogP contribution is -2.30. The first kappa shape index (κ1) is 10.4. The van der Waals surface area contributed by atoms with E-state index in [-0.39, 0.29) is 12.5 Å². The molecule has 0 unspecified atom stereocenters. The lowest BCUT2D eigenvalue weighted by molar-refractivity contribution is -0.119. The van der Waals surface area contributed by atoms with E-state index in [0.29, 0.717) is 0 Å². The van der Waals surface area contributed by atoms with Crippen molar-refractivity contribution in [2.75, 3.05) is 13.1 Å². The highest BCUT2D eigenvalue weighted by atomic mass is 16.1. The normalized spacial score (nSPS) is 9.64. The number of carbonyl (C=O) groups is 1. The molecule has 0 rings (SSSR count). The van der Waals surface area contributed by atoms with Gasteiger partial charge in [-0.05, 0) is 6.42 Å². The minimum atomic E-state index is -0.0542. The van der Waals surface area contributed by atoms with Crippen LogP contribution in [-0.2, 0) is 4.79 Å². The van der Waals surface area contributed by atoms with Crippen LogP contribution in [0.3, 0.4) is 0 Å². The van der Waals surface area contributed by atoms with Crippen LogP contribution in [0, 0.1) is 0 Å². The Morgan fingerprint density at radius 1 is 1.36 bits per heavy atom. The summed E-state index contributed by atoms with van der Waals surface area (Å²) in [5.41, 5.74) is 5.10. The van der Waals surface area contributed by atoms with E-state index in [1.807, 2.05) is 0 Å². The summed E-state index contributed by atoms with van der Waals surface area (Å²) in [6, 6.07) is 0. The zero-order chi connectivity index (χ0) is 8.53. The van der Waals surface area contributed by atoms with Gasteiger partial charge in [0, 0.05) is 6.54 Å². The van der Waals surface area contributed by atoms with Crippen LogP contribution >= 0.6 is 0 Å². The van der Waals surface area contributed by atoms with E-state index in [1.165, 1.54) is 19.3 Å². The fourth-order valence-electron chi connectivity index (χ4n) is 0.852. The van der Waals surface area contributed by atoms with Crippen LogP contribution in [0.15, 0.2) is 0 Å². The second kappa shape index (κ2) is 7.54. The van der Waals surface area contributed by atoms with Gasteiger partial charge in [0.15, 0.2) is 0 Å². The summed E-state index contributed by atoms with van der Waals surface area (Å²) >= 11 is 0. The second-order valence-electron chi connectivity index (χ2n) is 2.61. The minimum Gasteiger partial charge on any atom is -0.355 e. The van der Waals surface area contributed by atoms with Gasteiger partial charge < -0.3 is 11.1 Å². The van der Waals surface area contributed by atoms with Gasteiger partial charge >= 0.3 is 0 Å². The van der Waals surface area contributed by atoms with Gasteiger partial charge in [-0.1, -0.05) is 26.2 Å². The molecule has 0 aromatic carbocycles. The predicted molar refractivity (Wildman–Crippen MR) is 46.2 cm³/mol. The molecular weight excluding hydrogens is 140 g/mol. The minimum absolute atomic E-state index is 0.0542. The van der Waals surface area contributed by atoms with Crippen molar-refractivity contribution in [2.45, 2.75) is 32.6 Å². The molecule has 66 valence electrons. The van der Waals surface area contributed by atoms with Gasteiger partial charge in [0.05, 0.1) is 6.54 Å². The quantitative estimate of drug-likeness (QED) is 0.557. The summed E-state index contributed by atoms with van der Waals surface area (Å²) in [4.78, 5) is 10.6. The first-order chi connectivity index (χ1) is 5.31. The number of nitrogens with one attached hydrogen (secondary N) is 1. The molecule has 0 fully saturated rings. The molecule has 0 atom stereocenters. The maximum Gasteiger partial charge on any atom is 0.233 e. The van der Waals surface area contributed by atoms with E-state index >= 15 is 0 Å². The SMILES string of the molecule is CCCCCCNC(=O)CN. The molecule has 0 aliphatic rings. The summed E-state index contributed by atoms with van der Waals surface area (Å²) in [6.07, 6.45) is 4.74. The molecule has 1 amide bonds. The van der Waals surface area contributed by atoms with Crippen molar-refractivity contribution in [1.82, 2.24) is 5.32 Å². The van der Waals surface area contributed by atoms with Crippen LogP contribution in [0.1, 0.15) is 32.6 Å². The Bertz CT molecular complexity index is 104. The van der Waals surface area contributed by atoms with E-state index in [0.717, 1.165) is 13.0 Å². The fourth-order valence-corrected chi connectivity index (χ4v) is 0.852. The van der Waals surface area contributed by atoms with Gasteiger partial charge in [-0.25, -0.2) is 0 Å². The fraction of sp³-hybridized carbons (Fsp3) is 0.875. The molecule has 0 radical (unpaired) electrons. The smallest absolute Gasteiger partial charge is 0.233 e. The number of nitrogens with two attached hydrogens (primary N) is 1. The largest absolute Gasteiger partial charge is 0.355 e. The summed E-state index contributed by atoms with van der Waals surface area (Å²) < 4.78 is 0. The number of hydrogen-bond acceptors (Lipinski definition) is 2. The molecule has 0 aromatic rings. The maximum absolute atomic E-state index is 10.6. The highest BCUT2D eigenvalue weighted by molar-refractivity contribution is 5.77. The van der Waals surface area contributed by atoms with Crippen molar-refractivity contribution in [3.8, 4) is 0 Å². The van der Waals surface area contributed by atoms with Crippen LogP contribution in [0.4, 0.5) is 0 Å². The molecule has 0 aromatic heterocycles. The van der Waals surface area contributed by atoms with Crippen LogP contribution in [0.2, 0.25) is 0 Å². The predicted octanol–water partition coefficient (Wildman–Crippen LogP) is 0.642. The van der Waals surface area contributed by atoms with Gasteiger partial charge in [-0.3, -0.25) is 4.79 Å². The van der Waals surface area contributed by atoms with E-state index < -0.39 is 0 Å². The van der Waals surface area contributed by atoms with Gasteiger partial charge in [0.25, 0.3) is 0 Å². The Hall–Kier alpha value is -0.570. The monoisotopic (exact) mass is 158 g/mol. The molecule has 11 heavy (non-hydrogen) atoms. The second-order valence-corrected chi connectivity index (χ2v) is 2.61. The Balaban J connectivity index is 2.95. The molecule has 0 saturated carbocycles. The highest BCUT2D eigenvalue weighted by Crippen LogP contribution is 1.96. The van der Waals surface area contributed by atoms with Crippen molar-refractivity contribution < 1.29 is 4.79 Å². The molecule has 0 aliphatic carbocycles. The Kier molecular flexibility index (Phi) is 7.15. The first-order valence-electron chi connectivity index (χ1n) is 4.28. The van der Waals surface area contributed by atoms with Crippen molar-refractivity contribution in [3.05, 3.63) is 0 Å². The number of carbonyl (C=O) groups excluding carboxylic acids is 1. The van der Waals surface area contributed by atoms with E-state index in [1.54, 1.807) is 0 Å². The standard InChI is InChI=1S/C8H18N2O/c1-2-3-4-5-6-10-8(11)7-9/h2-7,9H2,1H3,(H,10,11). The number of amides is 1. The Morgan fingerprint density at radius 2 is 2.09 bits per heavy atom. The summed E-state index contributed by atoms with van der Waals surface area (Å²) in [5, 5.41) is 2.73. The molecule has 0 heterocycles. The van der Waals surface area contributed by atoms with Gasteiger partial charge in [-0.2, -0.15) is 0 Å². The average molecular weight is 158 g/mol. The average Bonchev–Trinajstić information content (AvgIpc) is 2.04. The van der Waals surface area contributed by atoms with Gasteiger partial charge in [0.2, 0.25) is 5.91 Å². The topological polar surface area (TPSA) is 55.1 Å². The zero-order valence-electron chi connectivity index (χ0n) is 7.23. The third-order valence-corrected chi connectivity index (χ3v) is 1.54. The van der Waals surface area contributed by atoms with Crippen LogP contribution in [0.25, 0.3) is 0 Å². The Labute approximate surface area is 68.3 Å². The lowest BCUT2D eigenvalue weighted by atomic mass is 10.2. The summed E-state index contributed by atoms with van der Waals surface area (Å²) in [6.45, 7) is 3.04. The Morgan fingerprint density at radius 3 is 2.64 bits per heavy atom. The lowest BCUT2D eigenvalue weighted by Gasteiger charge is -2.01. The van der Waals surface area contributed by atoms with Gasteiger partial charge in [0.1, 0.15) is 0 Å². The number of unbranched alkanes of at least 4 members (excludes halogenated alkanes) is 3. The maximum atomic E-state index is 10.6. The number of hydrogen-bond donors (Lipinski definition) is 2. The van der Waals surface area contributed by atoms with E-state index in [2.05, 4.69) is 12.2 Å². The van der Waals surface area contributed by atoms with Crippen molar-refractivity contribution >= 4 is 5.91 Å². The van der Waals surface area contributed by atoms with Crippen molar-refractivity contribution in [2.24, 2.45) is 5.73 Å². The van der Waals surface area contributed by atoms with Crippen molar-refractivity contribution in [3.63, 3.8) is 0 Å². The highest BCUT2D eigenvalue weighted by Gasteiger charge is 1.93. The summed E-state index contributed by atoms with van der Waals surface area (Å²) in [7, 11) is 0. The third kappa shape index (κ3) is 7.33. The van der Waals surface area contributed by atoms with Crippen LogP contribution < -0.4 is 11.1 Å². The van der Waals surface area contributed by atoms with Gasteiger partial charge in [-0.15, -0.1) is 0 Å².